The third-order valence-electron chi connectivity index (χ3n) is 6.32. The molecule has 2 unspecified atom stereocenters. The first-order valence-electron chi connectivity index (χ1n) is 12.3. The zero-order chi connectivity index (χ0) is 25.5. The number of aromatic nitrogens is 2. The second kappa shape index (κ2) is 11.9. The van der Waals surface area contributed by atoms with E-state index < -0.39 is 0 Å². The lowest BCUT2D eigenvalue weighted by atomic mass is 9.98. The summed E-state index contributed by atoms with van der Waals surface area (Å²) in [6, 6.07) is 16.9. The Morgan fingerprint density at radius 3 is 2.56 bits per heavy atom. The van der Waals surface area contributed by atoms with Crippen LogP contribution in [0, 0.1) is 5.92 Å². The third-order valence-corrected chi connectivity index (χ3v) is 7.18. The van der Waals surface area contributed by atoms with E-state index in [2.05, 4.69) is 46.8 Å². The van der Waals surface area contributed by atoms with Gasteiger partial charge in [0.25, 0.3) is 5.91 Å². The van der Waals surface area contributed by atoms with Gasteiger partial charge in [0, 0.05) is 37.2 Å². The van der Waals surface area contributed by atoms with Crippen molar-refractivity contribution < 1.29 is 14.4 Å². The van der Waals surface area contributed by atoms with Gasteiger partial charge < -0.3 is 10.2 Å². The van der Waals surface area contributed by atoms with Crippen molar-refractivity contribution in [2.45, 2.75) is 45.4 Å². The fourth-order valence-electron chi connectivity index (χ4n) is 4.18. The standard InChI is InChI=1S/C27H31N5O3S/c1-3-4-14-32-17-21(16-24(32)33)26(35)28-22-12-10-20(11-13-22)25(34)29-27-31-30-23(36-27)15-18(2)19-8-6-5-7-9-19/h5-13,18,21H,3-4,14-17H2,1-2H3,(H,28,35)(H,29,31,34). The molecule has 2 heterocycles. The first kappa shape index (κ1) is 25.5. The first-order valence-corrected chi connectivity index (χ1v) is 13.1. The van der Waals surface area contributed by atoms with Crippen molar-refractivity contribution in [2.75, 3.05) is 23.7 Å². The Bertz CT molecular complexity index is 1200. The fourth-order valence-corrected chi connectivity index (χ4v) is 5.04. The van der Waals surface area contributed by atoms with E-state index in [1.54, 1.807) is 29.2 Å². The van der Waals surface area contributed by atoms with Crippen LogP contribution in [-0.2, 0) is 16.0 Å². The summed E-state index contributed by atoms with van der Waals surface area (Å²) in [6.07, 6.45) is 2.93. The molecule has 2 aromatic carbocycles. The number of amides is 3. The van der Waals surface area contributed by atoms with E-state index in [0.717, 1.165) is 24.3 Å². The number of anilines is 2. The molecule has 0 bridgehead atoms. The van der Waals surface area contributed by atoms with Gasteiger partial charge in [-0.2, -0.15) is 0 Å². The van der Waals surface area contributed by atoms with E-state index in [9.17, 15) is 14.4 Å². The molecule has 3 amide bonds. The maximum atomic E-state index is 12.7. The van der Waals surface area contributed by atoms with Crippen LogP contribution >= 0.6 is 11.3 Å². The molecule has 1 fully saturated rings. The SMILES string of the molecule is CCCCN1CC(C(=O)Nc2ccc(C(=O)Nc3nnc(CC(C)c4ccccc4)s3)cc2)CC1=O. The van der Waals surface area contributed by atoms with Crippen LogP contribution in [0.5, 0.6) is 0 Å². The minimum atomic E-state index is -0.353. The van der Waals surface area contributed by atoms with Crippen molar-refractivity contribution in [3.8, 4) is 0 Å². The summed E-state index contributed by atoms with van der Waals surface area (Å²) >= 11 is 1.37. The van der Waals surface area contributed by atoms with E-state index in [1.807, 2.05) is 18.2 Å². The van der Waals surface area contributed by atoms with Crippen LogP contribution < -0.4 is 10.6 Å². The number of hydrogen-bond acceptors (Lipinski definition) is 6. The summed E-state index contributed by atoms with van der Waals surface area (Å²) in [5.41, 5.74) is 2.27. The second-order valence-electron chi connectivity index (χ2n) is 9.13. The fraction of sp³-hybridized carbons (Fsp3) is 0.370. The van der Waals surface area contributed by atoms with Crippen molar-refractivity contribution in [3.63, 3.8) is 0 Å². The van der Waals surface area contributed by atoms with Gasteiger partial charge >= 0.3 is 0 Å². The molecule has 1 saturated heterocycles. The average Bonchev–Trinajstić information content (AvgIpc) is 3.49. The van der Waals surface area contributed by atoms with Gasteiger partial charge in [0.05, 0.1) is 5.92 Å². The summed E-state index contributed by atoms with van der Waals surface area (Å²) in [6.45, 7) is 5.37. The molecule has 1 aromatic heterocycles. The first-order chi connectivity index (χ1) is 17.4. The van der Waals surface area contributed by atoms with Gasteiger partial charge in [-0.25, -0.2) is 0 Å². The lowest BCUT2D eigenvalue weighted by Gasteiger charge is -2.16. The Morgan fingerprint density at radius 1 is 1.08 bits per heavy atom. The van der Waals surface area contributed by atoms with Crippen molar-refractivity contribution >= 4 is 39.9 Å². The second-order valence-corrected chi connectivity index (χ2v) is 10.2. The molecule has 1 aliphatic heterocycles. The van der Waals surface area contributed by atoms with Gasteiger partial charge in [0.1, 0.15) is 5.01 Å². The molecule has 0 radical (unpaired) electrons. The molecule has 4 rings (SSSR count). The van der Waals surface area contributed by atoms with Gasteiger partial charge in [-0.05, 0) is 42.2 Å². The highest BCUT2D eigenvalue weighted by Gasteiger charge is 2.33. The van der Waals surface area contributed by atoms with Crippen LogP contribution in [0.2, 0.25) is 0 Å². The van der Waals surface area contributed by atoms with E-state index in [0.29, 0.717) is 35.4 Å². The number of carbonyl (C=O) groups is 3. The van der Waals surface area contributed by atoms with E-state index in [4.69, 9.17) is 0 Å². The molecule has 188 valence electrons. The Kier molecular flexibility index (Phi) is 8.43. The van der Waals surface area contributed by atoms with Crippen molar-refractivity contribution in [2.24, 2.45) is 5.92 Å². The van der Waals surface area contributed by atoms with Crippen molar-refractivity contribution in [1.82, 2.24) is 15.1 Å². The number of hydrogen-bond donors (Lipinski definition) is 2. The van der Waals surface area contributed by atoms with Crippen LogP contribution in [0.3, 0.4) is 0 Å². The molecule has 0 spiro atoms. The highest BCUT2D eigenvalue weighted by Crippen LogP contribution is 2.25. The number of likely N-dealkylation sites (tertiary alicyclic amines) is 1. The molecule has 0 saturated carbocycles. The van der Waals surface area contributed by atoms with Crippen LogP contribution in [0.15, 0.2) is 54.6 Å². The topological polar surface area (TPSA) is 104 Å². The normalized spacial score (nSPS) is 16.1. The van der Waals surface area contributed by atoms with Gasteiger partial charge in [-0.1, -0.05) is 61.9 Å². The van der Waals surface area contributed by atoms with Gasteiger partial charge in [-0.15, -0.1) is 10.2 Å². The summed E-state index contributed by atoms with van der Waals surface area (Å²) < 4.78 is 0. The monoisotopic (exact) mass is 505 g/mol. The Morgan fingerprint density at radius 2 is 1.83 bits per heavy atom. The van der Waals surface area contributed by atoms with E-state index in [-0.39, 0.29) is 30.1 Å². The molecule has 8 nitrogen and oxygen atoms in total. The predicted molar refractivity (Wildman–Crippen MR) is 141 cm³/mol. The van der Waals surface area contributed by atoms with Gasteiger partial charge in [0.15, 0.2) is 0 Å². The maximum Gasteiger partial charge on any atom is 0.257 e. The number of nitrogens with one attached hydrogen (secondary N) is 2. The van der Waals surface area contributed by atoms with Crippen molar-refractivity contribution in [1.29, 1.82) is 0 Å². The van der Waals surface area contributed by atoms with Crippen molar-refractivity contribution in [3.05, 3.63) is 70.7 Å². The molecule has 2 N–H and O–H groups in total. The molecule has 2 atom stereocenters. The quantitative estimate of drug-likeness (QED) is 0.415. The largest absolute Gasteiger partial charge is 0.342 e. The summed E-state index contributed by atoms with van der Waals surface area (Å²) in [4.78, 5) is 39.2. The molecule has 3 aromatic rings. The minimum absolute atomic E-state index is 0.0324. The van der Waals surface area contributed by atoms with Crippen LogP contribution in [0.25, 0.3) is 0 Å². The third kappa shape index (κ3) is 6.54. The smallest absolute Gasteiger partial charge is 0.257 e. The van der Waals surface area contributed by atoms with Crippen LogP contribution in [0.1, 0.15) is 60.0 Å². The Hall–Kier alpha value is -3.59. The number of nitrogens with zero attached hydrogens (tertiary/aromatic N) is 3. The minimum Gasteiger partial charge on any atom is -0.342 e. The number of benzene rings is 2. The predicted octanol–water partition coefficient (Wildman–Crippen LogP) is 4.72. The van der Waals surface area contributed by atoms with E-state index in [1.165, 1.54) is 16.9 Å². The van der Waals surface area contributed by atoms with Gasteiger partial charge in [0.2, 0.25) is 16.9 Å². The number of unbranched alkanes of at least 4 members (excludes halogenated alkanes) is 1. The van der Waals surface area contributed by atoms with E-state index >= 15 is 0 Å². The highest BCUT2D eigenvalue weighted by molar-refractivity contribution is 7.15. The zero-order valence-corrected chi connectivity index (χ0v) is 21.4. The van der Waals surface area contributed by atoms with Crippen LogP contribution in [-0.4, -0.2) is 45.9 Å². The molecular weight excluding hydrogens is 474 g/mol. The maximum absolute atomic E-state index is 12.7. The molecule has 0 aliphatic carbocycles. The summed E-state index contributed by atoms with van der Waals surface area (Å²) in [5, 5.41) is 15.3. The Labute approximate surface area is 215 Å². The lowest BCUT2D eigenvalue weighted by Crippen LogP contribution is -2.29. The molecule has 1 aliphatic rings. The van der Waals surface area contributed by atoms with Gasteiger partial charge in [-0.3, -0.25) is 19.7 Å². The molecular formula is C27H31N5O3S. The zero-order valence-electron chi connectivity index (χ0n) is 20.6. The summed E-state index contributed by atoms with van der Waals surface area (Å²) in [7, 11) is 0. The number of rotatable bonds is 10. The lowest BCUT2D eigenvalue weighted by molar-refractivity contribution is -0.128. The summed E-state index contributed by atoms with van der Waals surface area (Å²) in [5.74, 6) is -0.490. The molecule has 36 heavy (non-hydrogen) atoms. The molecule has 9 heteroatoms. The Balaban J connectivity index is 1.28. The number of carbonyl (C=O) groups excluding carboxylic acids is 3. The highest BCUT2D eigenvalue weighted by atomic mass is 32.1. The van der Waals surface area contributed by atoms with Crippen LogP contribution in [0.4, 0.5) is 10.8 Å². The average molecular weight is 506 g/mol.